The number of hydrogen-bond acceptors (Lipinski definition) is 12. The van der Waals surface area contributed by atoms with Gasteiger partial charge in [0.2, 0.25) is 5.91 Å². The fourth-order valence-electron chi connectivity index (χ4n) is 3.72. The van der Waals surface area contributed by atoms with Crippen molar-refractivity contribution >= 4 is 42.2 Å². The van der Waals surface area contributed by atoms with Crippen molar-refractivity contribution in [1.82, 2.24) is 25.4 Å². The summed E-state index contributed by atoms with van der Waals surface area (Å²) in [5, 5.41) is 30.6. The van der Waals surface area contributed by atoms with Crippen LogP contribution >= 0.6 is 24.7 Å². The summed E-state index contributed by atoms with van der Waals surface area (Å²) in [5.41, 5.74) is 7.29. The highest BCUT2D eigenvalue weighted by Crippen LogP contribution is 2.22. The molecule has 18 heteroatoms. The summed E-state index contributed by atoms with van der Waals surface area (Å²) < 4.78 is 10.9. The van der Waals surface area contributed by atoms with Crippen LogP contribution in [0.4, 0.5) is 5.69 Å². The Bertz CT molecular complexity index is 2870. The van der Waals surface area contributed by atoms with Gasteiger partial charge in [0.05, 0.1) is 18.9 Å². The molecule has 0 saturated heterocycles. The molecule has 64 heavy (non-hydrogen) atoms. The van der Waals surface area contributed by atoms with Crippen molar-refractivity contribution in [3.63, 3.8) is 0 Å². The first kappa shape index (κ1) is 52.8. The Balaban J connectivity index is -0.000000109. The van der Waals surface area contributed by atoms with Gasteiger partial charge in [-0.1, -0.05) is 53.0 Å². The number of anilines is 1. The molecule has 0 bridgehead atoms. The van der Waals surface area contributed by atoms with Crippen molar-refractivity contribution in [3.8, 4) is 137 Å². The predicted octanol–water partition coefficient (Wildman–Crippen LogP) is 7.61. The molecule has 1 heterocycles. The second kappa shape index (κ2) is 35.7. The Morgan fingerprint density at radius 1 is 0.938 bits per heavy atom. The number of methoxy groups -OCH3 is 1. The highest BCUT2D eigenvalue weighted by Gasteiger charge is 2.20. The second-order valence-corrected chi connectivity index (χ2v) is 11.4. The van der Waals surface area contributed by atoms with E-state index in [0.29, 0.717) is 34.5 Å². The lowest BCUT2D eigenvalue weighted by atomic mass is 10.2. The van der Waals surface area contributed by atoms with Gasteiger partial charge in [-0.3, -0.25) is 9.59 Å². The van der Waals surface area contributed by atoms with Crippen LogP contribution in [0, 0.1) is 136 Å². The number of nitrogens with one attached hydrogen (secondary N) is 3. The average Bonchev–Trinajstić information content (AvgIpc) is 3.72. The van der Waals surface area contributed by atoms with Crippen molar-refractivity contribution in [2.75, 3.05) is 18.2 Å². The smallest absolute Gasteiger partial charge is 0.251 e. The third-order valence-corrected chi connectivity index (χ3v) is 7.24. The molecule has 0 radical (unpaired) electrons. The summed E-state index contributed by atoms with van der Waals surface area (Å²) in [4.78, 5) is 28.2. The number of aromatic nitrogens is 3. The zero-order valence-electron chi connectivity index (χ0n) is 34.0. The van der Waals surface area contributed by atoms with Gasteiger partial charge in [-0.05, 0) is 143 Å². The highest BCUT2D eigenvalue weighted by atomic mass is 32.2. The van der Waals surface area contributed by atoms with Crippen LogP contribution in [0.25, 0.3) is 0 Å². The van der Waals surface area contributed by atoms with Crippen LogP contribution in [0.1, 0.15) is 50.3 Å². The summed E-state index contributed by atoms with van der Waals surface area (Å²) >= 11 is 4.42. The first-order chi connectivity index (χ1) is 31.3. The summed E-state index contributed by atoms with van der Waals surface area (Å²) in [7, 11) is 1.57. The van der Waals surface area contributed by atoms with Gasteiger partial charge >= 0.3 is 0 Å². The summed E-state index contributed by atoms with van der Waals surface area (Å²) in [6.07, 6.45) is 6.63. The number of nitrogens with zero attached hydrogens (tertiary/aromatic N) is 7. The quantitative estimate of drug-likeness (QED) is 0.0157. The minimum Gasteiger partial charge on any atom is -0.497 e. The third kappa shape index (κ3) is 24.7. The number of carbonyl (C=O) groups excluding carboxylic acids is 2. The minimum absolute atomic E-state index is 0. The van der Waals surface area contributed by atoms with E-state index in [-0.39, 0.29) is 43.2 Å². The van der Waals surface area contributed by atoms with Crippen molar-refractivity contribution in [2.45, 2.75) is 31.6 Å². The van der Waals surface area contributed by atoms with Gasteiger partial charge in [0.1, 0.15) is 5.75 Å². The molecule has 4 N–H and O–H groups in total. The van der Waals surface area contributed by atoms with Crippen LogP contribution in [-0.4, -0.2) is 50.0 Å². The molecular weight excluding hydrogens is 853 g/mol. The molecule has 0 fully saturated rings. The SMILES string of the molecule is C#CC#CC#CC#CC#CC#CC#CC#CC#CC#CC#CC.C=CCn1c(SCC(=O)Nc2cccc(OC)c2)nnc1C(C)NC(=O)c1ccccc1.N=N/N=N/N(OO)OS.[HH].[HH].[HH].[HH].[HH].[HH].[HH].[HH].[HH].[HH]. The van der Waals surface area contributed by atoms with Crippen LogP contribution in [0.15, 0.2) is 88.1 Å². The van der Waals surface area contributed by atoms with E-state index in [4.69, 9.17) is 21.9 Å². The summed E-state index contributed by atoms with van der Waals surface area (Å²) in [5.74, 6) is 52.9. The molecule has 0 aliphatic rings. The zero-order chi connectivity index (χ0) is 46.9. The zero-order valence-corrected chi connectivity index (χ0v) is 35.7. The molecule has 1 atom stereocenters. The molecule has 2 aromatic carbocycles. The van der Waals surface area contributed by atoms with Crippen LogP contribution in [0.3, 0.4) is 0 Å². The molecule has 3 rings (SSSR count). The number of thioether (sulfide) groups is 1. The van der Waals surface area contributed by atoms with Gasteiger partial charge in [0.15, 0.2) is 11.0 Å². The van der Waals surface area contributed by atoms with Crippen molar-refractivity contribution in [2.24, 2.45) is 15.7 Å². The molecule has 0 aliphatic carbocycles. The molecule has 0 aliphatic heterocycles. The Kier molecular flexibility index (Phi) is 29.5. The lowest BCUT2D eigenvalue weighted by molar-refractivity contribution is -0.478. The standard InChI is InChI=1S/C23H25N5O3S.C23H4.H3N5O3S.10H2/c1-4-13-28-21(16(2)24-22(30)17-9-6-5-7-10-17)26-27-23(28)32-15-20(29)25-18-11-8-12-19(14-18)31-3;1-3-5-7-9-11-13-15-17-19-21-23-22-20-18-16-14-12-10-8-6-4-2;1-2-3-4-5(7-6)8-9;;;;;;;;;;/h4-12,14,16H,1,13,15H2,2-3H3,(H,24,30)(H,25,29);1H,2H3;1,6,9H;10*1H/b;;2-1?,4-3+;;;;;;;;;;. The van der Waals surface area contributed by atoms with Gasteiger partial charge in [-0.25, -0.2) is 5.26 Å². The van der Waals surface area contributed by atoms with E-state index in [0.717, 1.165) is 0 Å². The van der Waals surface area contributed by atoms with Gasteiger partial charge in [-0.2, -0.15) is 9.81 Å². The fraction of sp³-hybridized carbons (Fsp3) is 0.130. The first-order valence-corrected chi connectivity index (χ1v) is 18.7. The fourth-order valence-corrected chi connectivity index (χ4v) is 4.54. The van der Waals surface area contributed by atoms with Crippen LogP contribution < -0.4 is 15.4 Å². The number of rotatable bonds is 14. The summed E-state index contributed by atoms with van der Waals surface area (Å²) in [6, 6.07) is 15.7. The molecule has 334 valence electrons. The second-order valence-electron chi connectivity index (χ2n) is 10.3. The number of hydrogen-bond donors (Lipinski definition) is 5. The van der Waals surface area contributed by atoms with Crippen LogP contribution in [0.5, 0.6) is 5.75 Å². The molecular formula is C46H52N10O6S2. The molecule has 16 nitrogen and oxygen atoms in total. The Labute approximate surface area is 395 Å². The maximum Gasteiger partial charge on any atom is 0.251 e. The van der Waals surface area contributed by atoms with E-state index in [1.807, 2.05) is 29.7 Å². The Hall–Kier alpha value is -9.20. The molecule has 3 aromatic rings. The van der Waals surface area contributed by atoms with Crippen LogP contribution in [-0.2, 0) is 20.6 Å². The summed E-state index contributed by atoms with van der Waals surface area (Å²) in [6.45, 7) is 7.78. The topological polar surface area (TPSA) is 201 Å². The lowest BCUT2D eigenvalue weighted by Gasteiger charge is -2.15. The number of terminal acetylenes is 1. The molecule has 1 unspecified atom stereocenters. The van der Waals surface area contributed by atoms with E-state index in [1.54, 1.807) is 56.5 Å². The normalized spacial score (nSPS) is 8.50. The van der Waals surface area contributed by atoms with Gasteiger partial charge in [0, 0.05) is 85.3 Å². The number of amides is 2. The van der Waals surface area contributed by atoms with E-state index in [9.17, 15) is 9.59 Å². The number of carbonyl (C=O) groups is 2. The van der Waals surface area contributed by atoms with Gasteiger partial charge in [-0.15, -0.1) is 23.2 Å². The number of benzene rings is 2. The van der Waals surface area contributed by atoms with Gasteiger partial charge < -0.3 is 19.9 Å². The number of ether oxygens (including phenoxy) is 1. The van der Waals surface area contributed by atoms with Crippen molar-refractivity contribution in [1.29, 1.82) is 5.53 Å². The van der Waals surface area contributed by atoms with E-state index < -0.39 is 0 Å². The van der Waals surface area contributed by atoms with E-state index in [2.05, 4.69) is 190 Å². The van der Waals surface area contributed by atoms with Crippen molar-refractivity contribution in [3.05, 3.63) is 78.6 Å². The van der Waals surface area contributed by atoms with Crippen molar-refractivity contribution < 1.29 is 43.1 Å². The maximum absolute atomic E-state index is 12.5. The number of thiol groups is 1. The maximum atomic E-state index is 12.5. The minimum atomic E-state index is -0.380. The van der Waals surface area contributed by atoms with Crippen LogP contribution in [0.2, 0.25) is 0 Å². The predicted molar refractivity (Wildman–Crippen MR) is 264 cm³/mol. The molecule has 1 aromatic heterocycles. The molecule has 0 saturated carbocycles. The van der Waals surface area contributed by atoms with E-state index in [1.165, 1.54) is 11.8 Å². The highest BCUT2D eigenvalue weighted by molar-refractivity contribution is 7.99. The molecule has 2 amide bonds. The largest absolute Gasteiger partial charge is 0.497 e. The average molecular weight is 905 g/mol. The Morgan fingerprint density at radius 2 is 1.50 bits per heavy atom. The monoisotopic (exact) mass is 904 g/mol. The number of allylic oxidation sites excluding steroid dienone is 1. The third-order valence-electron chi connectivity index (χ3n) is 6.13. The Morgan fingerprint density at radius 3 is 1.98 bits per heavy atom. The molecule has 0 spiro atoms. The lowest BCUT2D eigenvalue weighted by Crippen LogP contribution is -2.28. The van der Waals surface area contributed by atoms with E-state index >= 15 is 0 Å². The first-order valence-electron chi connectivity index (χ1n) is 17.3. The van der Waals surface area contributed by atoms with Gasteiger partial charge in [0.25, 0.3) is 5.91 Å².